The first-order chi connectivity index (χ1) is 12.7. The Kier molecular flexibility index (Phi) is 8.20. The molecule has 0 bridgehead atoms. The molecule has 0 aromatic heterocycles. The maximum atomic E-state index is 13.2. The van der Waals surface area contributed by atoms with E-state index in [0.29, 0.717) is 11.5 Å². The first-order valence-corrected chi connectivity index (χ1v) is 10.5. The molecule has 0 unspecified atom stereocenters. The lowest BCUT2D eigenvalue weighted by Gasteiger charge is -2.32. The molecule has 11 heteroatoms. The summed E-state index contributed by atoms with van der Waals surface area (Å²) in [6.07, 6.45) is 0.501. The molecule has 0 aromatic rings. The summed E-state index contributed by atoms with van der Waals surface area (Å²) in [7, 11) is -4.21. The fraction of sp³-hybridized carbons (Fsp3) is 0.824. The topological polar surface area (TPSA) is 129 Å². The Bertz CT molecular complexity index is 600. The van der Waals surface area contributed by atoms with Crippen LogP contribution in [0.4, 0.5) is 0 Å². The van der Waals surface area contributed by atoms with Gasteiger partial charge in [-0.1, -0.05) is 0 Å². The molecule has 1 aliphatic rings. The van der Waals surface area contributed by atoms with Gasteiger partial charge in [0.1, 0.15) is 5.66 Å². The molecule has 1 aliphatic heterocycles. The van der Waals surface area contributed by atoms with Gasteiger partial charge < -0.3 is 9.47 Å². The highest BCUT2D eigenvalue weighted by Crippen LogP contribution is 2.56. The average molecular weight is 423 g/mol. The van der Waals surface area contributed by atoms with Crippen LogP contribution in [0, 0.1) is 10.8 Å². The van der Waals surface area contributed by atoms with Gasteiger partial charge in [-0.15, -0.1) is 0 Å². The summed E-state index contributed by atoms with van der Waals surface area (Å²) in [5, 5.41) is 10.1. The number of esters is 2. The van der Waals surface area contributed by atoms with Crippen molar-refractivity contribution in [2.24, 2.45) is 10.8 Å². The van der Waals surface area contributed by atoms with Crippen LogP contribution in [0.2, 0.25) is 0 Å². The summed E-state index contributed by atoms with van der Waals surface area (Å²) in [4.78, 5) is 35.9. The highest BCUT2D eigenvalue weighted by molar-refractivity contribution is 7.55. The lowest BCUT2D eigenvalue weighted by Crippen LogP contribution is -2.42. The lowest BCUT2D eigenvalue weighted by molar-refractivity contribution is -0.170. The SMILES string of the molecule is CC(C)(C)C(=O)OCOP(=O)(OCOC(=O)C(C)(C)C)[C@H]1CCCN(O)C1=O. The van der Waals surface area contributed by atoms with Crippen LogP contribution < -0.4 is 0 Å². The zero-order valence-corrected chi connectivity index (χ0v) is 18.1. The minimum atomic E-state index is -4.21. The van der Waals surface area contributed by atoms with E-state index >= 15 is 0 Å². The average Bonchev–Trinajstić information content (AvgIpc) is 2.55. The number of hydrogen-bond acceptors (Lipinski definition) is 9. The van der Waals surface area contributed by atoms with Gasteiger partial charge in [0.05, 0.1) is 10.8 Å². The maximum Gasteiger partial charge on any atom is 0.348 e. The smallest absolute Gasteiger partial charge is 0.348 e. The summed E-state index contributed by atoms with van der Waals surface area (Å²) < 4.78 is 33.4. The standard InChI is InChI=1S/C17H30NO9P/c1-16(2,3)14(20)24-10-26-28(23,12-8-7-9-18(22)13(12)19)27-11-25-15(21)17(4,5)6/h12,22H,7-11H2,1-6H3/t12-/m0/s1. The molecule has 1 fully saturated rings. The first kappa shape index (κ1) is 24.6. The Morgan fingerprint density at radius 2 is 1.46 bits per heavy atom. The predicted octanol–water partition coefficient (Wildman–Crippen LogP) is 2.69. The first-order valence-electron chi connectivity index (χ1n) is 8.92. The van der Waals surface area contributed by atoms with Crippen molar-refractivity contribution in [3.63, 3.8) is 0 Å². The molecular formula is C17H30NO9P. The van der Waals surface area contributed by atoms with Gasteiger partial charge in [-0.25, -0.2) is 5.06 Å². The van der Waals surface area contributed by atoms with E-state index in [9.17, 15) is 24.2 Å². The molecule has 0 radical (unpaired) electrons. The highest BCUT2D eigenvalue weighted by Gasteiger charge is 2.46. The van der Waals surface area contributed by atoms with Crippen LogP contribution in [0.5, 0.6) is 0 Å². The number of rotatable bonds is 7. The van der Waals surface area contributed by atoms with Gasteiger partial charge in [-0.2, -0.15) is 0 Å². The van der Waals surface area contributed by atoms with E-state index in [0.717, 1.165) is 0 Å². The molecule has 0 aliphatic carbocycles. The van der Waals surface area contributed by atoms with Gasteiger partial charge in [0, 0.05) is 6.54 Å². The zero-order chi connectivity index (χ0) is 21.8. The predicted molar refractivity (Wildman–Crippen MR) is 97.1 cm³/mol. The van der Waals surface area contributed by atoms with Gasteiger partial charge >= 0.3 is 19.5 Å². The van der Waals surface area contributed by atoms with Crippen LogP contribution >= 0.6 is 7.60 Å². The van der Waals surface area contributed by atoms with Crippen molar-refractivity contribution in [3.05, 3.63) is 0 Å². The van der Waals surface area contributed by atoms with Crippen LogP contribution in [0.25, 0.3) is 0 Å². The molecule has 1 atom stereocenters. The van der Waals surface area contributed by atoms with Gasteiger partial charge in [0.25, 0.3) is 5.91 Å². The normalized spacial score (nSPS) is 18.8. The number of ether oxygens (including phenoxy) is 2. The second kappa shape index (κ2) is 9.35. The van der Waals surface area contributed by atoms with Crippen molar-refractivity contribution >= 4 is 25.4 Å². The summed E-state index contributed by atoms with van der Waals surface area (Å²) in [6.45, 7) is 8.45. The molecule has 1 rings (SSSR count). The largest absolute Gasteiger partial charge is 0.438 e. The fourth-order valence-electron chi connectivity index (χ4n) is 2.09. The number of piperidine rings is 1. The second-order valence-corrected chi connectivity index (χ2v) is 10.7. The van der Waals surface area contributed by atoms with E-state index in [1.807, 2.05) is 0 Å². The Morgan fingerprint density at radius 1 is 1.04 bits per heavy atom. The quantitative estimate of drug-likeness (QED) is 0.284. The highest BCUT2D eigenvalue weighted by atomic mass is 31.2. The Labute approximate surface area is 164 Å². The number of carbonyl (C=O) groups is 3. The molecule has 1 saturated heterocycles. The Hall–Kier alpha value is -1.48. The van der Waals surface area contributed by atoms with Gasteiger partial charge in [0.15, 0.2) is 0 Å². The number of carbonyl (C=O) groups excluding carboxylic acids is 3. The minimum Gasteiger partial charge on any atom is -0.438 e. The molecule has 1 N–H and O–H groups in total. The van der Waals surface area contributed by atoms with Crippen molar-refractivity contribution in [1.82, 2.24) is 5.06 Å². The van der Waals surface area contributed by atoms with E-state index in [1.165, 1.54) is 0 Å². The number of amides is 1. The minimum absolute atomic E-state index is 0.0906. The van der Waals surface area contributed by atoms with Crippen molar-refractivity contribution < 1.29 is 42.7 Å². The van der Waals surface area contributed by atoms with Crippen LogP contribution in [0.15, 0.2) is 0 Å². The van der Waals surface area contributed by atoms with Crippen LogP contribution in [0.1, 0.15) is 54.4 Å². The molecule has 1 heterocycles. The third-order valence-corrected chi connectivity index (χ3v) is 6.01. The van der Waals surface area contributed by atoms with E-state index in [4.69, 9.17) is 18.5 Å². The van der Waals surface area contributed by atoms with Crippen molar-refractivity contribution in [2.75, 3.05) is 20.1 Å². The van der Waals surface area contributed by atoms with Crippen molar-refractivity contribution in [3.8, 4) is 0 Å². The van der Waals surface area contributed by atoms with E-state index in [-0.39, 0.29) is 13.0 Å². The summed E-state index contributed by atoms with van der Waals surface area (Å²) in [5.41, 5.74) is -2.91. The summed E-state index contributed by atoms with van der Waals surface area (Å²) in [6, 6.07) is 0. The summed E-state index contributed by atoms with van der Waals surface area (Å²) in [5.74, 6) is -2.03. The number of nitrogens with zero attached hydrogens (tertiary/aromatic N) is 1. The molecular weight excluding hydrogens is 393 g/mol. The fourth-order valence-corrected chi connectivity index (χ4v) is 3.83. The van der Waals surface area contributed by atoms with E-state index in [2.05, 4.69) is 0 Å². The van der Waals surface area contributed by atoms with Crippen molar-refractivity contribution in [1.29, 1.82) is 0 Å². The van der Waals surface area contributed by atoms with Crippen LogP contribution in [0.3, 0.4) is 0 Å². The Morgan fingerprint density at radius 3 is 1.86 bits per heavy atom. The molecule has 162 valence electrons. The third-order valence-electron chi connectivity index (χ3n) is 3.84. The number of hydrogen-bond donors (Lipinski definition) is 1. The zero-order valence-electron chi connectivity index (χ0n) is 17.2. The molecule has 0 saturated carbocycles. The molecule has 1 amide bonds. The summed E-state index contributed by atoms with van der Waals surface area (Å²) >= 11 is 0. The molecule has 0 spiro atoms. The van der Waals surface area contributed by atoms with Crippen LogP contribution in [-0.4, -0.2) is 53.9 Å². The van der Waals surface area contributed by atoms with E-state index in [1.54, 1.807) is 41.5 Å². The Balaban J connectivity index is 2.84. The van der Waals surface area contributed by atoms with E-state index < -0.39 is 55.5 Å². The molecule has 28 heavy (non-hydrogen) atoms. The molecule has 0 aromatic carbocycles. The van der Waals surface area contributed by atoms with Gasteiger partial charge in [0.2, 0.25) is 13.6 Å². The number of hydroxylamine groups is 2. The van der Waals surface area contributed by atoms with Crippen LogP contribution in [-0.2, 0) is 37.5 Å². The molecule has 10 nitrogen and oxygen atoms in total. The second-order valence-electron chi connectivity index (χ2n) is 8.52. The van der Waals surface area contributed by atoms with Crippen molar-refractivity contribution in [2.45, 2.75) is 60.0 Å². The lowest BCUT2D eigenvalue weighted by atomic mass is 9.98. The third kappa shape index (κ3) is 6.84. The van der Waals surface area contributed by atoms with Gasteiger partial charge in [-0.05, 0) is 54.4 Å². The van der Waals surface area contributed by atoms with Gasteiger partial charge in [-0.3, -0.25) is 33.2 Å². The monoisotopic (exact) mass is 423 g/mol. The maximum absolute atomic E-state index is 13.2.